The molecule has 0 aromatic rings. The Morgan fingerprint density at radius 2 is 2.11 bits per heavy atom. The zero-order valence-electron chi connectivity index (χ0n) is 6.18. The zero-order chi connectivity index (χ0) is 6.91. The van der Waals surface area contributed by atoms with Crippen LogP contribution < -0.4 is 0 Å². The van der Waals surface area contributed by atoms with Crippen molar-refractivity contribution >= 4 is 0 Å². The Balaban J connectivity index is 2.42. The highest BCUT2D eigenvalue weighted by Crippen LogP contribution is 2.29. The van der Waals surface area contributed by atoms with Crippen molar-refractivity contribution in [1.82, 2.24) is 0 Å². The number of hydrogen-bond donors (Lipinski definition) is 0. The quantitative estimate of drug-likeness (QED) is 0.465. The third kappa shape index (κ3) is 1.66. The van der Waals surface area contributed by atoms with Crippen molar-refractivity contribution in [2.75, 3.05) is 0 Å². The van der Waals surface area contributed by atoms with Crippen molar-refractivity contribution < 1.29 is 9.78 Å². The van der Waals surface area contributed by atoms with Crippen molar-refractivity contribution in [2.24, 2.45) is 5.41 Å². The zero-order valence-corrected chi connectivity index (χ0v) is 6.18. The summed E-state index contributed by atoms with van der Waals surface area (Å²) in [6.07, 6.45) is 1.14. The Kier molecular flexibility index (Phi) is 1.78. The van der Waals surface area contributed by atoms with Crippen LogP contribution >= 0.6 is 0 Å². The number of hydrogen-bond acceptors (Lipinski definition) is 2. The molecule has 9 heavy (non-hydrogen) atoms. The van der Waals surface area contributed by atoms with Crippen LogP contribution in [0.5, 0.6) is 0 Å². The molecule has 0 spiro atoms. The van der Waals surface area contributed by atoms with Gasteiger partial charge in [-0.3, -0.25) is 0 Å². The minimum Gasteiger partial charge on any atom is -0.232 e. The summed E-state index contributed by atoms with van der Waals surface area (Å²) in [7, 11) is 0. The van der Waals surface area contributed by atoms with E-state index < -0.39 is 0 Å². The molecule has 0 aromatic heterocycles. The van der Waals surface area contributed by atoms with Gasteiger partial charge in [0, 0.05) is 6.42 Å². The van der Waals surface area contributed by atoms with Crippen molar-refractivity contribution in [2.45, 2.75) is 33.3 Å². The van der Waals surface area contributed by atoms with Crippen LogP contribution in [0.3, 0.4) is 0 Å². The van der Waals surface area contributed by atoms with Gasteiger partial charge in [-0.2, -0.15) is 0 Å². The second kappa shape index (κ2) is 2.27. The van der Waals surface area contributed by atoms with Gasteiger partial charge in [-0.1, -0.05) is 20.8 Å². The maximum Gasteiger partial charge on any atom is 0.125 e. The second-order valence-electron chi connectivity index (χ2n) is 3.45. The minimum absolute atomic E-state index is 0.201. The van der Waals surface area contributed by atoms with Gasteiger partial charge in [0.25, 0.3) is 0 Å². The van der Waals surface area contributed by atoms with Gasteiger partial charge in [-0.25, -0.2) is 9.78 Å². The van der Waals surface area contributed by atoms with Gasteiger partial charge in [0.05, 0.1) is 0 Å². The normalized spacial score (nSPS) is 29.0. The van der Waals surface area contributed by atoms with Crippen molar-refractivity contribution in [3.8, 4) is 0 Å². The first-order valence-electron chi connectivity index (χ1n) is 3.24. The smallest absolute Gasteiger partial charge is 0.125 e. The molecule has 1 fully saturated rings. The van der Waals surface area contributed by atoms with Crippen LogP contribution in [-0.2, 0) is 9.78 Å². The summed E-state index contributed by atoms with van der Waals surface area (Å²) < 4.78 is 0. The third-order valence-electron chi connectivity index (χ3n) is 1.52. The SMILES string of the molecule is CC(C)(C)C1C[CH]OO1. The molecular formula is C7H13O2. The summed E-state index contributed by atoms with van der Waals surface area (Å²) in [5.74, 6) is 0. The molecule has 0 aliphatic carbocycles. The Hall–Kier alpha value is -0.0800. The monoisotopic (exact) mass is 129 g/mol. The van der Waals surface area contributed by atoms with Gasteiger partial charge in [0.15, 0.2) is 0 Å². The molecule has 1 atom stereocenters. The molecule has 1 aliphatic rings. The summed E-state index contributed by atoms with van der Waals surface area (Å²) in [6.45, 7) is 8.12. The average molecular weight is 129 g/mol. The van der Waals surface area contributed by atoms with E-state index in [0.717, 1.165) is 6.42 Å². The van der Waals surface area contributed by atoms with Gasteiger partial charge in [-0.15, -0.1) is 0 Å². The summed E-state index contributed by atoms with van der Waals surface area (Å²) in [4.78, 5) is 9.62. The molecule has 1 heterocycles. The highest BCUT2D eigenvalue weighted by molar-refractivity contribution is 4.78. The lowest BCUT2D eigenvalue weighted by atomic mass is 9.88. The molecule has 0 aromatic carbocycles. The van der Waals surface area contributed by atoms with Gasteiger partial charge in [0.1, 0.15) is 12.7 Å². The molecule has 1 rings (SSSR count). The third-order valence-corrected chi connectivity index (χ3v) is 1.52. The van der Waals surface area contributed by atoms with Crippen molar-refractivity contribution in [1.29, 1.82) is 0 Å². The summed E-state index contributed by atoms with van der Waals surface area (Å²) in [5.41, 5.74) is 0.201. The average Bonchev–Trinajstić information content (AvgIpc) is 2.08. The van der Waals surface area contributed by atoms with E-state index in [4.69, 9.17) is 4.89 Å². The molecule has 53 valence electrons. The molecule has 1 saturated heterocycles. The molecule has 2 heteroatoms. The van der Waals surface area contributed by atoms with Crippen LogP contribution in [0.4, 0.5) is 0 Å². The summed E-state index contributed by atoms with van der Waals surface area (Å²) in [6, 6.07) is 0. The van der Waals surface area contributed by atoms with Gasteiger partial charge in [0.2, 0.25) is 0 Å². The molecule has 0 amide bonds. The Bertz CT molecular complexity index is 87.6. The Labute approximate surface area is 56.1 Å². The topological polar surface area (TPSA) is 18.5 Å². The highest BCUT2D eigenvalue weighted by Gasteiger charge is 2.30. The van der Waals surface area contributed by atoms with E-state index in [0.29, 0.717) is 0 Å². The van der Waals surface area contributed by atoms with Crippen LogP contribution in [-0.4, -0.2) is 6.10 Å². The van der Waals surface area contributed by atoms with E-state index in [2.05, 4.69) is 25.7 Å². The number of rotatable bonds is 0. The largest absolute Gasteiger partial charge is 0.232 e. The van der Waals surface area contributed by atoms with Crippen LogP contribution in [0, 0.1) is 12.0 Å². The second-order valence-corrected chi connectivity index (χ2v) is 3.45. The molecule has 1 aliphatic heterocycles. The van der Waals surface area contributed by atoms with E-state index in [-0.39, 0.29) is 11.5 Å². The fourth-order valence-electron chi connectivity index (χ4n) is 0.770. The molecule has 0 saturated carbocycles. The fraction of sp³-hybridized carbons (Fsp3) is 0.857. The van der Waals surface area contributed by atoms with E-state index in [1.807, 2.05) is 0 Å². The van der Waals surface area contributed by atoms with E-state index in [1.54, 1.807) is 6.61 Å². The highest BCUT2D eigenvalue weighted by atomic mass is 17.2. The first-order valence-corrected chi connectivity index (χ1v) is 3.24. The maximum atomic E-state index is 4.96. The Morgan fingerprint density at radius 3 is 2.33 bits per heavy atom. The first kappa shape index (κ1) is 7.03. The first-order chi connectivity index (χ1) is 4.11. The summed E-state index contributed by atoms with van der Waals surface area (Å²) >= 11 is 0. The van der Waals surface area contributed by atoms with Crippen LogP contribution in [0.15, 0.2) is 0 Å². The molecular weight excluding hydrogens is 116 g/mol. The van der Waals surface area contributed by atoms with Crippen LogP contribution in [0.2, 0.25) is 0 Å². The van der Waals surface area contributed by atoms with E-state index in [9.17, 15) is 0 Å². The molecule has 0 N–H and O–H groups in total. The maximum absolute atomic E-state index is 4.96. The molecule has 1 radical (unpaired) electrons. The van der Waals surface area contributed by atoms with Crippen LogP contribution in [0.25, 0.3) is 0 Å². The predicted octanol–water partition coefficient (Wildman–Crippen LogP) is 1.91. The van der Waals surface area contributed by atoms with Gasteiger partial charge in [-0.05, 0) is 5.41 Å². The van der Waals surface area contributed by atoms with Crippen molar-refractivity contribution in [3.63, 3.8) is 0 Å². The van der Waals surface area contributed by atoms with E-state index in [1.165, 1.54) is 0 Å². The molecule has 0 bridgehead atoms. The minimum atomic E-state index is 0.201. The predicted molar refractivity (Wildman–Crippen MR) is 34.3 cm³/mol. The lowest BCUT2D eigenvalue weighted by Gasteiger charge is -2.22. The summed E-state index contributed by atoms with van der Waals surface area (Å²) in [5, 5.41) is 0. The molecule has 1 unspecified atom stereocenters. The standard InChI is InChI=1S/C7H13O2/c1-7(2,3)6-4-5-8-9-6/h5-6H,4H2,1-3H3. The van der Waals surface area contributed by atoms with E-state index >= 15 is 0 Å². The Morgan fingerprint density at radius 1 is 1.44 bits per heavy atom. The van der Waals surface area contributed by atoms with Crippen molar-refractivity contribution in [3.05, 3.63) is 6.61 Å². The lowest BCUT2D eigenvalue weighted by Crippen LogP contribution is -2.24. The van der Waals surface area contributed by atoms with Crippen LogP contribution in [0.1, 0.15) is 27.2 Å². The molecule has 2 nitrogen and oxygen atoms in total. The lowest BCUT2D eigenvalue weighted by molar-refractivity contribution is -0.274. The van der Waals surface area contributed by atoms with Gasteiger partial charge >= 0.3 is 0 Å². The van der Waals surface area contributed by atoms with Gasteiger partial charge < -0.3 is 0 Å². The fourth-order valence-corrected chi connectivity index (χ4v) is 0.770.